The fourth-order valence-electron chi connectivity index (χ4n) is 2.94. The van der Waals surface area contributed by atoms with E-state index in [4.69, 9.17) is 18.6 Å². The Morgan fingerprint density at radius 3 is 2.56 bits per heavy atom. The average molecular weight is 370 g/mol. The van der Waals surface area contributed by atoms with Crippen LogP contribution in [0.3, 0.4) is 0 Å². The van der Waals surface area contributed by atoms with Gasteiger partial charge in [-0.25, -0.2) is 0 Å². The standard InChI is InChI=1S/C21H22O6/c1-13(22)26-8-4-5-14-9-16-12-18(27-21(16)20(10-14)25-3)15-6-7-17(23)19(11-15)24-2/h6-7,9-12,23H,4-5,8H2,1-3H3. The number of carbonyl (C=O) groups excluding carboxylic acids is 1. The second-order valence-corrected chi connectivity index (χ2v) is 6.16. The number of phenolic OH excluding ortho intramolecular Hbond substituents is 1. The second-order valence-electron chi connectivity index (χ2n) is 6.16. The molecule has 3 rings (SSSR count). The Labute approximate surface area is 157 Å². The molecule has 1 heterocycles. The quantitative estimate of drug-likeness (QED) is 0.493. The molecule has 0 aliphatic carbocycles. The van der Waals surface area contributed by atoms with Gasteiger partial charge in [0.2, 0.25) is 0 Å². The van der Waals surface area contributed by atoms with Crippen molar-refractivity contribution < 1.29 is 28.5 Å². The Hall–Kier alpha value is -3.15. The van der Waals surface area contributed by atoms with Crippen LogP contribution in [0.1, 0.15) is 18.9 Å². The van der Waals surface area contributed by atoms with Crippen molar-refractivity contribution in [1.82, 2.24) is 0 Å². The number of rotatable bonds is 7. The number of phenols is 1. The molecule has 0 bridgehead atoms. The van der Waals surface area contributed by atoms with E-state index in [2.05, 4.69) is 0 Å². The number of ether oxygens (including phenoxy) is 3. The van der Waals surface area contributed by atoms with Crippen molar-refractivity contribution in [2.45, 2.75) is 19.8 Å². The Bertz CT molecular complexity index is 957. The summed E-state index contributed by atoms with van der Waals surface area (Å²) < 4.78 is 21.6. The van der Waals surface area contributed by atoms with Gasteiger partial charge in [0, 0.05) is 17.9 Å². The van der Waals surface area contributed by atoms with Crippen molar-refractivity contribution in [3.05, 3.63) is 42.0 Å². The smallest absolute Gasteiger partial charge is 0.302 e. The monoisotopic (exact) mass is 370 g/mol. The van der Waals surface area contributed by atoms with Crippen molar-refractivity contribution >= 4 is 16.9 Å². The van der Waals surface area contributed by atoms with Gasteiger partial charge in [0.15, 0.2) is 22.8 Å². The summed E-state index contributed by atoms with van der Waals surface area (Å²) in [5, 5.41) is 10.7. The van der Waals surface area contributed by atoms with Gasteiger partial charge in [-0.05, 0) is 54.8 Å². The van der Waals surface area contributed by atoms with Crippen molar-refractivity contribution in [2.75, 3.05) is 20.8 Å². The Balaban J connectivity index is 1.90. The Morgan fingerprint density at radius 1 is 1.07 bits per heavy atom. The highest BCUT2D eigenvalue weighted by Crippen LogP contribution is 2.37. The molecular weight excluding hydrogens is 348 g/mol. The third-order valence-electron chi connectivity index (χ3n) is 4.24. The molecule has 1 N–H and O–H groups in total. The first kappa shape index (κ1) is 18.6. The van der Waals surface area contributed by atoms with E-state index in [9.17, 15) is 9.90 Å². The molecule has 6 nitrogen and oxygen atoms in total. The van der Waals surface area contributed by atoms with Gasteiger partial charge in [0.1, 0.15) is 5.76 Å². The normalized spacial score (nSPS) is 10.8. The maximum Gasteiger partial charge on any atom is 0.302 e. The van der Waals surface area contributed by atoms with Gasteiger partial charge < -0.3 is 23.7 Å². The first-order valence-electron chi connectivity index (χ1n) is 8.63. The van der Waals surface area contributed by atoms with Crippen LogP contribution in [0.2, 0.25) is 0 Å². The number of aromatic hydroxyl groups is 1. The zero-order valence-electron chi connectivity index (χ0n) is 15.6. The lowest BCUT2D eigenvalue weighted by Crippen LogP contribution is -2.01. The van der Waals surface area contributed by atoms with Crippen LogP contribution in [-0.2, 0) is 16.0 Å². The van der Waals surface area contributed by atoms with Crippen LogP contribution in [-0.4, -0.2) is 31.9 Å². The zero-order chi connectivity index (χ0) is 19.4. The molecular formula is C21H22O6. The van der Waals surface area contributed by atoms with Gasteiger partial charge in [-0.1, -0.05) is 0 Å². The zero-order valence-corrected chi connectivity index (χ0v) is 15.6. The number of methoxy groups -OCH3 is 2. The molecule has 0 radical (unpaired) electrons. The molecule has 6 heteroatoms. The maximum atomic E-state index is 10.9. The molecule has 2 aromatic carbocycles. The first-order chi connectivity index (χ1) is 13.0. The molecule has 0 atom stereocenters. The van der Waals surface area contributed by atoms with Crippen LogP contribution >= 0.6 is 0 Å². The molecule has 3 aromatic rings. The number of esters is 1. The molecule has 0 amide bonds. The molecule has 0 spiro atoms. The van der Waals surface area contributed by atoms with Gasteiger partial charge in [-0.3, -0.25) is 4.79 Å². The number of hydrogen-bond acceptors (Lipinski definition) is 6. The molecule has 0 aliphatic rings. The summed E-state index contributed by atoms with van der Waals surface area (Å²) in [6, 6.07) is 11.0. The van der Waals surface area contributed by atoms with Gasteiger partial charge in [-0.15, -0.1) is 0 Å². The Morgan fingerprint density at radius 2 is 1.85 bits per heavy atom. The fraction of sp³-hybridized carbons (Fsp3) is 0.286. The third kappa shape index (κ3) is 4.16. The lowest BCUT2D eigenvalue weighted by Gasteiger charge is -2.06. The summed E-state index contributed by atoms with van der Waals surface area (Å²) >= 11 is 0. The highest BCUT2D eigenvalue weighted by Gasteiger charge is 2.14. The van der Waals surface area contributed by atoms with Crippen molar-refractivity contribution in [1.29, 1.82) is 0 Å². The van der Waals surface area contributed by atoms with E-state index in [0.29, 0.717) is 29.4 Å². The molecule has 142 valence electrons. The van der Waals surface area contributed by atoms with E-state index in [1.54, 1.807) is 25.3 Å². The van der Waals surface area contributed by atoms with Crippen molar-refractivity contribution in [2.24, 2.45) is 0 Å². The number of benzene rings is 2. The minimum Gasteiger partial charge on any atom is -0.504 e. The van der Waals surface area contributed by atoms with Crippen LogP contribution in [0, 0.1) is 0 Å². The van der Waals surface area contributed by atoms with Crippen LogP contribution in [0.15, 0.2) is 40.8 Å². The minimum absolute atomic E-state index is 0.0741. The Kier molecular flexibility index (Phi) is 5.54. The van der Waals surface area contributed by atoms with E-state index in [0.717, 1.165) is 29.4 Å². The number of fused-ring (bicyclic) bond motifs is 1. The summed E-state index contributed by atoms with van der Waals surface area (Å²) in [6.07, 6.45) is 1.49. The largest absolute Gasteiger partial charge is 0.504 e. The van der Waals surface area contributed by atoms with Crippen molar-refractivity contribution in [3.8, 4) is 28.6 Å². The van der Waals surface area contributed by atoms with Crippen molar-refractivity contribution in [3.63, 3.8) is 0 Å². The average Bonchev–Trinajstić information content (AvgIpc) is 3.09. The molecule has 0 unspecified atom stereocenters. The summed E-state index contributed by atoms with van der Waals surface area (Å²) in [5.74, 6) is 1.48. The number of aryl methyl sites for hydroxylation is 1. The van der Waals surface area contributed by atoms with Gasteiger partial charge >= 0.3 is 5.97 Å². The number of carbonyl (C=O) groups is 1. The van der Waals surface area contributed by atoms with E-state index >= 15 is 0 Å². The predicted octanol–water partition coefficient (Wildman–Crippen LogP) is 4.32. The van der Waals surface area contributed by atoms with Crippen LogP contribution in [0.25, 0.3) is 22.3 Å². The topological polar surface area (TPSA) is 78.1 Å². The molecule has 0 saturated heterocycles. The van der Waals surface area contributed by atoms with Crippen LogP contribution in [0.4, 0.5) is 0 Å². The van der Waals surface area contributed by atoms with Crippen LogP contribution in [0.5, 0.6) is 17.2 Å². The molecule has 27 heavy (non-hydrogen) atoms. The summed E-state index contributed by atoms with van der Waals surface area (Å²) in [4.78, 5) is 10.9. The summed E-state index contributed by atoms with van der Waals surface area (Å²) in [5.41, 5.74) is 2.52. The van der Waals surface area contributed by atoms with Gasteiger partial charge in [0.05, 0.1) is 20.8 Å². The van der Waals surface area contributed by atoms with Gasteiger partial charge in [-0.2, -0.15) is 0 Å². The minimum atomic E-state index is -0.271. The number of furan rings is 1. The SMILES string of the molecule is COc1cc(-c2cc3cc(CCCOC(C)=O)cc(OC)c3o2)ccc1O. The van der Waals surface area contributed by atoms with Gasteiger partial charge in [0.25, 0.3) is 0 Å². The van der Waals surface area contributed by atoms with Crippen LogP contribution < -0.4 is 9.47 Å². The fourth-order valence-corrected chi connectivity index (χ4v) is 2.94. The molecule has 0 aliphatic heterocycles. The summed E-state index contributed by atoms with van der Waals surface area (Å²) in [7, 11) is 3.10. The first-order valence-corrected chi connectivity index (χ1v) is 8.63. The van der Waals surface area contributed by atoms with E-state index < -0.39 is 0 Å². The molecule has 0 saturated carbocycles. The molecule has 1 aromatic heterocycles. The van der Waals surface area contributed by atoms with E-state index in [1.807, 2.05) is 18.2 Å². The second kappa shape index (κ2) is 8.03. The highest BCUT2D eigenvalue weighted by atomic mass is 16.5. The highest BCUT2D eigenvalue weighted by molar-refractivity contribution is 5.88. The van der Waals surface area contributed by atoms with E-state index in [-0.39, 0.29) is 11.7 Å². The van der Waals surface area contributed by atoms with E-state index in [1.165, 1.54) is 14.0 Å². The maximum absolute atomic E-state index is 10.9. The number of hydrogen-bond donors (Lipinski definition) is 1. The molecule has 0 fully saturated rings. The summed E-state index contributed by atoms with van der Waals surface area (Å²) in [6.45, 7) is 1.79. The third-order valence-corrected chi connectivity index (χ3v) is 4.24. The lowest BCUT2D eigenvalue weighted by molar-refractivity contribution is -0.141. The predicted molar refractivity (Wildman–Crippen MR) is 101 cm³/mol. The lowest BCUT2D eigenvalue weighted by atomic mass is 10.1.